The Morgan fingerprint density at radius 3 is 2.75 bits per heavy atom. The van der Waals surface area contributed by atoms with Crippen LogP contribution in [0.4, 0.5) is 0 Å². The molecule has 1 heterocycles. The van der Waals surface area contributed by atoms with Crippen LogP contribution in [0.2, 0.25) is 0 Å². The number of nitrogens with one attached hydrogen (secondary N) is 1. The topological polar surface area (TPSA) is 24.5 Å². The van der Waals surface area contributed by atoms with E-state index in [0.717, 1.165) is 32.0 Å². The first-order valence-corrected chi connectivity index (χ1v) is 8.02. The fourth-order valence-electron chi connectivity index (χ4n) is 2.81. The molecule has 1 aliphatic rings. The third-order valence-electron chi connectivity index (χ3n) is 3.85. The molecule has 1 fully saturated rings. The molecule has 3 nitrogen and oxygen atoms in total. The van der Waals surface area contributed by atoms with Crippen molar-refractivity contribution in [2.24, 2.45) is 0 Å². The van der Waals surface area contributed by atoms with Crippen LogP contribution in [0.25, 0.3) is 0 Å². The molecule has 0 radical (unpaired) electrons. The number of rotatable bonds is 8. The number of piperidine rings is 1. The summed E-state index contributed by atoms with van der Waals surface area (Å²) >= 11 is 0. The standard InChI is InChI=1S/C17H28N2O/c1-2-12-19(15-16-8-6-7-11-18-16)13-14-20-17-9-4-3-5-10-17/h3-5,9-10,16,18H,2,6-8,11-15H2,1H3. The highest BCUT2D eigenvalue weighted by Crippen LogP contribution is 2.10. The van der Waals surface area contributed by atoms with E-state index in [-0.39, 0.29) is 0 Å². The lowest BCUT2D eigenvalue weighted by Gasteiger charge is -2.30. The number of hydrogen-bond donors (Lipinski definition) is 1. The highest BCUT2D eigenvalue weighted by molar-refractivity contribution is 5.20. The van der Waals surface area contributed by atoms with Gasteiger partial charge >= 0.3 is 0 Å². The molecule has 1 aromatic carbocycles. The van der Waals surface area contributed by atoms with Crippen molar-refractivity contribution in [1.82, 2.24) is 10.2 Å². The summed E-state index contributed by atoms with van der Waals surface area (Å²) in [5, 5.41) is 3.63. The van der Waals surface area contributed by atoms with Gasteiger partial charge in [0, 0.05) is 19.1 Å². The van der Waals surface area contributed by atoms with Crippen LogP contribution in [-0.2, 0) is 0 Å². The van der Waals surface area contributed by atoms with Crippen LogP contribution >= 0.6 is 0 Å². The zero-order chi connectivity index (χ0) is 14.0. The molecule has 0 aromatic heterocycles. The third-order valence-corrected chi connectivity index (χ3v) is 3.85. The monoisotopic (exact) mass is 276 g/mol. The van der Waals surface area contributed by atoms with Crippen molar-refractivity contribution in [1.29, 1.82) is 0 Å². The molecule has 20 heavy (non-hydrogen) atoms. The van der Waals surface area contributed by atoms with Crippen molar-refractivity contribution < 1.29 is 4.74 Å². The summed E-state index contributed by atoms with van der Waals surface area (Å²) in [6, 6.07) is 10.8. The lowest BCUT2D eigenvalue weighted by molar-refractivity contribution is 0.184. The van der Waals surface area contributed by atoms with Crippen LogP contribution in [0.3, 0.4) is 0 Å². The number of benzene rings is 1. The first-order chi connectivity index (χ1) is 9.88. The molecule has 1 unspecified atom stereocenters. The summed E-state index contributed by atoms with van der Waals surface area (Å²) in [5.74, 6) is 0.972. The number of nitrogens with zero attached hydrogens (tertiary/aromatic N) is 1. The molecular weight excluding hydrogens is 248 g/mol. The first-order valence-electron chi connectivity index (χ1n) is 8.02. The molecular formula is C17H28N2O. The van der Waals surface area contributed by atoms with E-state index < -0.39 is 0 Å². The van der Waals surface area contributed by atoms with E-state index in [9.17, 15) is 0 Å². The van der Waals surface area contributed by atoms with E-state index in [1.807, 2.05) is 30.3 Å². The van der Waals surface area contributed by atoms with E-state index >= 15 is 0 Å². The lowest BCUT2D eigenvalue weighted by Crippen LogP contribution is -2.45. The maximum Gasteiger partial charge on any atom is 0.119 e. The number of para-hydroxylation sites is 1. The predicted octanol–water partition coefficient (Wildman–Crippen LogP) is 2.92. The molecule has 2 rings (SSSR count). The van der Waals surface area contributed by atoms with E-state index in [2.05, 4.69) is 17.1 Å². The van der Waals surface area contributed by atoms with Crippen LogP contribution in [0.15, 0.2) is 30.3 Å². The average molecular weight is 276 g/mol. The van der Waals surface area contributed by atoms with Gasteiger partial charge in [0.05, 0.1) is 0 Å². The van der Waals surface area contributed by atoms with Crippen LogP contribution in [0.5, 0.6) is 5.75 Å². The zero-order valence-electron chi connectivity index (χ0n) is 12.7. The smallest absolute Gasteiger partial charge is 0.119 e. The molecule has 1 aromatic rings. The minimum atomic E-state index is 0.673. The molecule has 3 heteroatoms. The van der Waals surface area contributed by atoms with Gasteiger partial charge in [0.2, 0.25) is 0 Å². The number of ether oxygens (including phenoxy) is 1. The molecule has 1 aliphatic heterocycles. The minimum absolute atomic E-state index is 0.673. The Bertz CT molecular complexity index is 349. The second-order valence-electron chi connectivity index (χ2n) is 5.61. The number of hydrogen-bond acceptors (Lipinski definition) is 3. The molecule has 0 spiro atoms. The largest absolute Gasteiger partial charge is 0.492 e. The molecule has 1 saturated heterocycles. The Labute approximate surface area is 123 Å². The van der Waals surface area contributed by atoms with Crippen LogP contribution in [0, 0.1) is 0 Å². The normalized spacial score (nSPS) is 19.2. The molecule has 112 valence electrons. The van der Waals surface area contributed by atoms with Gasteiger partial charge in [-0.1, -0.05) is 31.5 Å². The van der Waals surface area contributed by atoms with Gasteiger partial charge < -0.3 is 10.1 Å². The zero-order valence-corrected chi connectivity index (χ0v) is 12.7. The van der Waals surface area contributed by atoms with Gasteiger partial charge in [-0.3, -0.25) is 4.90 Å². The van der Waals surface area contributed by atoms with Gasteiger partial charge in [0.25, 0.3) is 0 Å². The maximum absolute atomic E-state index is 5.81. The first kappa shape index (κ1) is 15.3. The van der Waals surface area contributed by atoms with E-state index in [1.54, 1.807) is 0 Å². The van der Waals surface area contributed by atoms with Gasteiger partial charge in [-0.15, -0.1) is 0 Å². The Hall–Kier alpha value is -1.06. The van der Waals surface area contributed by atoms with Crippen molar-refractivity contribution in [3.63, 3.8) is 0 Å². The molecule has 0 bridgehead atoms. The maximum atomic E-state index is 5.81. The van der Waals surface area contributed by atoms with Crippen molar-refractivity contribution >= 4 is 0 Å². The Morgan fingerprint density at radius 2 is 2.05 bits per heavy atom. The fraction of sp³-hybridized carbons (Fsp3) is 0.647. The van der Waals surface area contributed by atoms with Crippen LogP contribution in [-0.4, -0.2) is 43.7 Å². The Balaban J connectivity index is 1.71. The van der Waals surface area contributed by atoms with Crippen LogP contribution in [0.1, 0.15) is 32.6 Å². The van der Waals surface area contributed by atoms with Crippen LogP contribution < -0.4 is 10.1 Å². The molecule has 0 amide bonds. The van der Waals surface area contributed by atoms with Gasteiger partial charge in [0.15, 0.2) is 0 Å². The summed E-state index contributed by atoms with van der Waals surface area (Å²) in [6.45, 7) is 7.55. The summed E-state index contributed by atoms with van der Waals surface area (Å²) in [4.78, 5) is 2.53. The summed E-state index contributed by atoms with van der Waals surface area (Å²) in [5.41, 5.74) is 0. The predicted molar refractivity (Wildman–Crippen MR) is 84.3 cm³/mol. The van der Waals surface area contributed by atoms with Crippen molar-refractivity contribution in [3.8, 4) is 5.75 Å². The van der Waals surface area contributed by atoms with Crippen molar-refractivity contribution in [2.75, 3.05) is 32.8 Å². The molecule has 0 saturated carbocycles. The third kappa shape index (κ3) is 5.51. The second-order valence-corrected chi connectivity index (χ2v) is 5.61. The Morgan fingerprint density at radius 1 is 1.20 bits per heavy atom. The summed E-state index contributed by atoms with van der Waals surface area (Å²) < 4.78 is 5.81. The fourth-order valence-corrected chi connectivity index (χ4v) is 2.81. The van der Waals surface area contributed by atoms with Crippen molar-refractivity contribution in [2.45, 2.75) is 38.6 Å². The van der Waals surface area contributed by atoms with E-state index in [0.29, 0.717) is 6.04 Å². The SMILES string of the molecule is CCCN(CCOc1ccccc1)CC1CCCCN1. The summed E-state index contributed by atoms with van der Waals surface area (Å²) in [7, 11) is 0. The Kier molecular flexibility index (Phi) is 6.89. The lowest BCUT2D eigenvalue weighted by atomic mass is 10.0. The second kappa shape index (κ2) is 8.98. The average Bonchev–Trinajstić information content (AvgIpc) is 2.49. The van der Waals surface area contributed by atoms with E-state index in [4.69, 9.17) is 4.74 Å². The van der Waals surface area contributed by atoms with Gasteiger partial charge in [-0.2, -0.15) is 0 Å². The van der Waals surface area contributed by atoms with Gasteiger partial charge in [-0.25, -0.2) is 0 Å². The van der Waals surface area contributed by atoms with Crippen molar-refractivity contribution in [3.05, 3.63) is 30.3 Å². The summed E-state index contributed by atoms with van der Waals surface area (Å²) in [6.07, 6.45) is 5.23. The van der Waals surface area contributed by atoms with Gasteiger partial charge in [0.1, 0.15) is 12.4 Å². The molecule has 1 N–H and O–H groups in total. The minimum Gasteiger partial charge on any atom is -0.492 e. The molecule has 0 aliphatic carbocycles. The highest BCUT2D eigenvalue weighted by atomic mass is 16.5. The molecule has 1 atom stereocenters. The quantitative estimate of drug-likeness (QED) is 0.790. The highest BCUT2D eigenvalue weighted by Gasteiger charge is 2.16. The van der Waals surface area contributed by atoms with Gasteiger partial charge in [-0.05, 0) is 44.5 Å². The van der Waals surface area contributed by atoms with E-state index in [1.165, 1.54) is 32.2 Å².